The summed E-state index contributed by atoms with van der Waals surface area (Å²) in [4.78, 5) is 15.2. The Bertz CT molecular complexity index is 1120. The van der Waals surface area contributed by atoms with Crippen molar-refractivity contribution in [3.63, 3.8) is 0 Å². The van der Waals surface area contributed by atoms with Crippen molar-refractivity contribution in [3.05, 3.63) is 71.9 Å². The summed E-state index contributed by atoms with van der Waals surface area (Å²) >= 11 is 0. The molecule has 3 aromatic rings. The molecule has 1 fully saturated rings. The van der Waals surface area contributed by atoms with Crippen LogP contribution in [0.2, 0.25) is 0 Å². The lowest BCUT2D eigenvalue weighted by Crippen LogP contribution is -2.37. The Morgan fingerprint density at radius 3 is 2.41 bits per heavy atom. The third kappa shape index (κ3) is 4.21. The van der Waals surface area contributed by atoms with Crippen LogP contribution in [0, 0.1) is 0 Å². The van der Waals surface area contributed by atoms with Gasteiger partial charge in [-0.3, -0.25) is 4.79 Å². The Hall–Kier alpha value is -2.64. The average molecular weight is 412 g/mol. The first-order valence-electron chi connectivity index (χ1n) is 9.80. The molecule has 0 radical (unpaired) electrons. The highest BCUT2D eigenvalue weighted by atomic mass is 32.2. The van der Waals surface area contributed by atoms with Gasteiger partial charge < -0.3 is 9.47 Å². The minimum atomic E-state index is -3.24. The van der Waals surface area contributed by atoms with E-state index in [-0.39, 0.29) is 5.91 Å². The second kappa shape index (κ2) is 8.00. The molecule has 7 heteroatoms. The van der Waals surface area contributed by atoms with Gasteiger partial charge in [-0.2, -0.15) is 0 Å². The fourth-order valence-electron chi connectivity index (χ4n) is 3.91. The molecular weight excluding hydrogens is 386 g/mol. The number of aromatic nitrogens is 1. The Morgan fingerprint density at radius 1 is 0.931 bits per heavy atom. The van der Waals surface area contributed by atoms with E-state index in [0.29, 0.717) is 44.8 Å². The normalized spacial score (nSPS) is 16.1. The molecule has 0 bridgehead atoms. The number of hydrogen-bond donors (Lipinski definition) is 0. The molecule has 0 N–H and O–H groups in total. The molecule has 1 saturated heterocycles. The quantitative estimate of drug-likeness (QED) is 0.663. The van der Waals surface area contributed by atoms with Gasteiger partial charge in [0.1, 0.15) is 5.69 Å². The molecule has 2 heterocycles. The molecule has 152 valence electrons. The minimum Gasteiger partial charge on any atom is -0.336 e. The number of fused-ring (bicyclic) bond motifs is 1. The van der Waals surface area contributed by atoms with Gasteiger partial charge in [0, 0.05) is 43.6 Å². The molecule has 2 aromatic carbocycles. The first-order chi connectivity index (χ1) is 13.9. The second-order valence-corrected chi connectivity index (χ2v) is 9.45. The molecule has 1 aliphatic rings. The number of amides is 1. The Balaban J connectivity index is 1.66. The summed E-state index contributed by atoms with van der Waals surface area (Å²) in [5.74, 6) is -0.0486. The van der Waals surface area contributed by atoms with Crippen LogP contribution < -0.4 is 0 Å². The van der Waals surface area contributed by atoms with Gasteiger partial charge >= 0.3 is 0 Å². The van der Waals surface area contributed by atoms with Gasteiger partial charge in [0.05, 0.1) is 6.26 Å². The summed E-state index contributed by atoms with van der Waals surface area (Å²) in [6.45, 7) is 2.36. The number of carbonyl (C=O) groups excluding carboxylic acids is 1. The number of hydrogen-bond acceptors (Lipinski definition) is 3. The standard InChI is InChI=1S/C22H25N3O3S/c1-29(27,28)24-13-7-12-23(14-15-24)22(26)21-16-19-10-5-6-11-20(19)25(21)17-18-8-3-2-4-9-18/h2-6,8-11,16H,7,12-15,17H2,1H3. The molecule has 0 unspecified atom stereocenters. The molecule has 0 atom stereocenters. The molecule has 0 saturated carbocycles. The third-order valence-corrected chi connectivity index (χ3v) is 6.73. The van der Waals surface area contributed by atoms with Crippen molar-refractivity contribution in [1.82, 2.24) is 13.8 Å². The fraction of sp³-hybridized carbons (Fsp3) is 0.318. The summed E-state index contributed by atoms with van der Waals surface area (Å²) in [7, 11) is -3.24. The first-order valence-corrected chi connectivity index (χ1v) is 11.6. The van der Waals surface area contributed by atoms with Crippen molar-refractivity contribution < 1.29 is 13.2 Å². The summed E-state index contributed by atoms with van der Waals surface area (Å²) in [5.41, 5.74) is 2.79. The van der Waals surface area contributed by atoms with Gasteiger partial charge in [0.2, 0.25) is 10.0 Å². The van der Waals surface area contributed by atoms with Crippen LogP contribution in [-0.2, 0) is 16.6 Å². The lowest BCUT2D eigenvalue weighted by molar-refractivity contribution is 0.0754. The van der Waals surface area contributed by atoms with Gasteiger partial charge in [-0.05, 0) is 24.1 Å². The SMILES string of the molecule is CS(=O)(=O)N1CCCN(C(=O)c2cc3ccccc3n2Cc2ccccc2)CC1. The molecule has 1 aromatic heterocycles. The van der Waals surface area contributed by atoms with Crippen LogP contribution in [0.25, 0.3) is 10.9 Å². The molecule has 0 aliphatic carbocycles. The van der Waals surface area contributed by atoms with E-state index in [4.69, 9.17) is 0 Å². The Kier molecular flexibility index (Phi) is 5.43. The fourth-order valence-corrected chi connectivity index (χ4v) is 4.79. The molecule has 6 nitrogen and oxygen atoms in total. The molecule has 1 amide bonds. The monoisotopic (exact) mass is 411 g/mol. The lowest BCUT2D eigenvalue weighted by atomic mass is 10.2. The van der Waals surface area contributed by atoms with Crippen molar-refractivity contribution in [1.29, 1.82) is 0 Å². The maximum Gasteiger partial charge on any atom is 0.270 e. The summed E-state index contributed by atoms with van der Waals surface area (Å²) in [6.07, 6.45) is 1.86. The van der Waals surface area contributed by atoms with Crippen LogP contribution in [0.3, 0.4) is 0 Å². The van der Waals surface area contributed by atoms with Gasteiger partial charge in [0.15, 0.2) is 0 Å². The van der Waals surface area contributed by atoms with Crippen molar-refractivity contribution in [3.8, 4) is 0 Å². The summed E-state index contributed by atoms with van der Waals surface area (Å²) in [6, 6.07) is 20.0. The zero-order chi connectivity index (χ0) is 20.4. The zero-order valence-electron chi connectivity index (χ0n) is 16.5. The average Bonchev–Trinajstić information content (AvgIpc) is 2.89. The van der Waals surface area contributed by atoms with Gasteiger partial charge in [-0.15, -0.1) is 0 Å². The van der Waals surface area contributed by atoms with E-state index in [1.54, 1.807) is 4.90 Å². The smallest absolute Gasteiger partial charge is 0.270 e. The Labute approximate surface area is 171 Å². The maximum atomic E-state index is 13.4. The van der Waals surface area contributed by atoms with E-state index in [1.807, 2.05) is 48.5 Å². The van der Waals surface area contributed by atoms with Crippen LogP contribution in [0.5, 0.6) is 0 Å². The molecular formula is C22H25N3O3S. The van der Waals surface area contributed by atoms with Gasteiger partial charge in [-0.1, -0.05) is 48.5 Å². The van der Waals surface area contributed by atoms with Gasteiger partial charge in [0.25, 0.3) is 5.91 Å². The zero-order valence-corrected chi connectivity index (χ0v) is 17.3. The van der Waals surface area contributed by atoms with E-state index in [1.165, 1.54) is 10.6 Å². The summed E-state index contributed by atoms with van der Waals surface area (Å²) in [5, 5.41) is 1.03. The number of nitrogens with zero attached hydrogens (tertiary/aromatic N) is 3. The lowest BCUT2D eigenvalue weighted by Gasteiger charge is -2.22. The highest BCUT2D eigenvalue weighted by Gasteiger charge is 2.26. The van der Waals surface area contributed by atoms with Crippen LogP contribution in [-0.4, -0.2) is 60.5 Å². The maximum absolute atomic E-state index is 13.4. The number of rotatable bonds is 4. The molecule has 29 heavy (non-hydrogen) atoms. The molecule has 1 aliphatic heterocycles. The van der Waals surface area contributed by atoms with Crippen molar-refractivity contribution in [2.24, 2.45) is 0 Å². The van der Waals surface area contributed by atoms with Crippen molar-refractivity contribution in [2.45, 2.75) is 13.0 Å². The van der Waals surface area contributed by atoms with E-state index in [2.05, 4.69) is 16.7 Å². The largest absolute Gasteiger partial charge is 0.336 e. The Morgan fingerprint density at radius 2 is 1.66 bits per heavy atom. The number of sulfonamides is 1. The number of para-hydroxylation sites is 1. The van der Waals surface area contributed by atoms with E-state index in [0.717, 1.165) is 16.5 Å². The highest BCUT2D eigenvalue weighted by molar-refractivity contribution is 7.88. The summed E-state index contributed by atoms with van der Waals surface area (Å²) < 4.78 is 27.3. The van der Waals surface area contributed by atoms with Crippen LogP contribution in [0.4, 0.5) is 0 Å². The second-order valence-electron chi connectivity index (χ2n) is 7.47. The predicted molar refractivity (Wildman–Crippen MR) is 114 cm³/mol. The topological polar surface area (TPSA) is 62.6 Å². The molecule has 4 rings (SSSR count). The predicted octanol–water partition coefficient (Wildman–Crippen LogP) is 2.80. The van der Waals surface area contributed by atoms with E-state index < -0.39 is 10.0 Å². The van der Waals surface area contributed by atoms with Crippen LogP contribution in [0.1, 0.15) is 22.5 Å². The van der Waals surface area contributed by atoms with Crippen molar-refractivity contribution >= 4 is 26.8 Å². The van der Waals surface area contributed by atoms with Crippen LogP contribution >= 0.6 is 0 Å². The van der Waals surface area contributed by atoms with E-state index in [9.17, 15) is 13.2 Å². The number of benzene rings is 2. The van der Waals surface area contributed by atoms with Crippen molar-refractivity contribution in [2.75, 3.05) is 32.4 Å². The molecule has 0 spiro atoms. The first kappa shape index (κ1) is 19.7. The minimum absolute atomic E-state index is 0.0486. The highest BCUT2D eigenvalue weighted by Crippen LogP contribution is 2.23. The third-order valence-electron chi connectivity index (χ3n) is 5.42. The number of carbonyl (C=O) groups is 1. The van der Waals surface area contributed by atoms with Crippen LogP contribution in [0.15, 0.2) is 60.7 Å². The van der Waals surface area contributed by atoms with E-state index >= 15 is 0 Å². The van der Waals surface area contributed by atoms with Gasteiger partial charge in [-0.25, -0.2) is 12.7 Å².